The summed E-state index contributed by atoms with van der Waals surface area (Å²) < 4.78 is 10.6. The molecule has 1 rings (SSSR count). The molecule has 0 spiro atoms. The molecule has 1 atom stereocenters. The predicted octanol–water partition coefficient (Wildman–Crippen LogP) is 2.72. The topological polar surface area (TPSA) is 77.3 Å². The summed E-state index contributed by atoms with van der Waals surface area (Å²) in [4.78, 5) is 16.5. The summed E-state index contributed by atoms with van der Waals surface area (Å²) in [6, 6.07) is 6.74. The molecule has 6 heteroatoms. The van der Waals surface area contributed by atoms with Gasteiger partial charge in [-0.05, 0) is 45.0 Å². The second kappa shape index (κ2) is 7.52. The fraction of sp³-hybridized carbons (Fsp3) is 0.467. The van der Waals surface area contributed by atoms with Crippen molar-refractivity contribution in [3.05, 3.63) is 24.3 Å². The van der Waals surface area contributed by atoms with E-state index in [1.54, 1.807) is 45.2 Å². The average Bonchev–Trinajstić information content (AvgIpc) is 2.44. The molecule has 116 valence electrons. The number of nitrogens with zero attached hydrogens (tertiary/aromatic N) is 1. The van der Waals surface area contributed by atoms with Crippen molar-refractivity contribution in [2.24, 2.45) is 5.16 Å². The molecule has 0 bridgehead atoms. The summed E-state index contributed by atoms with van der Waals surface area (Å²) in [5, 5.41) is 13.1. The zero-order valence-electron chi connectivity index (χ0n) is 12.8. The van der Waals surface area contributed by atoms with Crippen LogP contribution in [-0.2, 0) is 9.63 Å². The van der Waals surface area contributed by atoms with Crippen LogP contribution in [0.15, 0.2) is 29.4 Å². The predicted molar refractivity (Wildman–Crippen MR) is 79.0 cm³/mol. The Morgan fingerprint density at radius 1 is 1.24 bits per heavy atom. The molecular formula is C15H21NO5. The van der Waals surface area contributed by atoms with Gasteiger partial charge in [0.25, 0.3) is 0 Å². The smallest absolute Gasteiger partial charge is 0.347 e. The highest BCUT2D eigenvalue weighted by Gasteiger charge is 2.35. The van der Waals surface area contributed by atoms with E-state index in [-0.39, 0.29) is 13.0 Å². The van der Waals surface area contributed by atoms with Gasteiger partial charge in [0.05, 0.1) is 12.8 Å². The lowest BCUT2D eigenvalue weighted by Crippen LogP contribution is -2.42. The molecule has 1 aromatic rings. The lowest BCUT2D eigenvalue weighted by atomic mass is 10.0. The van der Waals surface area contributed by atoms with Crippen LogP contribution in [0, 0.1) is 0 Å². The standard InChI is InChI=1S/C15H21NO5/c1-11(2)16-20-10-9-15(3,14(17)18)21-13-7-5-12(19-4)6-8-13/h5-8H,9-10H2,1-4H3,(H,17,18). The highest BCUT2D eigenvalue weighted by atomic mass is 16.6. The third-order valence-electron chi connectivity index (χ3n) is 2.77. The van der Waals surface area contributed by atoms with Gasteiger partial charge in [0.15, 0.2) is 0 Å². The molecule has 1 aromatic carbocycles. The molecule has 1 unspecified atom stereocenters. The fourth-order valence-corrected chi connectivity index (χ4v) is 1.52. The zero-order valence-corrected chi connectivity index (χ0v) is 12.8. The minimum absolute atomic E-state index is 0.157. The van der Waals surface area contributed by atoms with Crippen LogP contribution in [0.1, 0.15) is 27.2 Å². The fourth-order valence-electron chi connectivity index (χ4n) is 1.52. The molecule has 1 N–H and O–H groups in total. The molecule has 0 aliphatic carbocycles. The van der Waals surface area contributed by atoms with Gasteiger partial charge in [-0.2, -0.15) is 0 Å². The van der Waals surface area contributed by atoms with E-state index in [2.05, 4.69) is 5.16 Å². The van der Waals surface area contributed by atoms with Gasteiger partial charge in [0.2, 0.25) is 5.60 Å². The Bertz CT molecular complexity index is 493. The van der Waals surface area contributed by atoms with Crippen molar-refractivity contribution in [1.29, 1.82) is 0 Å². The number of carboxylic acids is 1. The van der Waals surface area contributed by atoms with E-state index in [1.165, 1.54) is 6.92 Å². The molecular weight excluding hydrogens is 274 g/mol. The van der Waals surface area contributed by atoms with Crippen LogP contribution < -0.4 is 9.47 Å². The minimum Gasteiger partial charge on any atom is -0.497 e. The molecule has 0 fully saturated rings. The lowest BCUT2D eigenvalue weighted by Gasteiger charge is -2.25. The van der Waals surface area contributed by atoms with Gasteiger partial charge < -0.3 is 19.4 Å². The number of benzene rings is 1. The molecule has 21 heavy (non-hydrogen) atoms. The summed E-state index contributed by atoms with van der Waals surface area (Å²) in [5.41, 5.74) is -0.616. The van der Waals surface area contributed by atoms with Gasteiger partial charge in [0.1, 0.15) is 18.1 Å². The average molecular weight is 295 g/mol. The van der Waals surface area contributed by atoms with Crippen molar-refractivity contribution in [2.75, 3.05) is 13.7 Å². The van der Waals surface area contributed by atoms with E-state index in [1.807, 2.05) is 0 Å². The zero-order chi connectivity index (χ0) is 15.9. The van der Waals surface area contributed by atoms with Crippen LogP contribution in [0.25, 0.3) is 0 Å². The Labute approximate surface area is 124 Å². The van der Waals surface area contributed by atoms with E-state index in [4.69, 9.17) is 14.3 Å². The van der Waals surface area contributed by atoms with Gasteiger partial charge in [-0.25, -0.2) is 4.79 Å². The normalized spacial score (nSPS) is 13.0. The first-order chi connectivity index (χ1) is 9.87. The molecule has 0 aromatic heterocycles. The number of hydrogen-bond donors (Lipinski definition) is 1. The molecule has 0 aliphatic heterocycles. The van der Waals surface area contributed by atoms with Crippen LogP contribution in [0.4, 0.5) is 0 Å². The summed E-state index contributed by atoms with van der Waals surface area (Å²) in [7, 11) is 1.56. The highest BCUT2D eigenvalue weighted by Crippen LogP contribution is 2.24. The highest BCUT2D eigenvalue weighted by molar-refractivity contribution is 5.78. The van der Waals surface area contributed by atoms with Crippen LogP contribution in [-0.4, -0.2) is 36.1 Å². The third kappa shape index (κ3) is 5.33. The Balaban J connectivity index is 2.70. The number of hydrogen-bond acceptors (Lipinski definition) is 5. The molecule has 6 nitrogen and oxygen atoms in total. The Morgan fingerprint density at radius 3 is 2.29 bits per heavy atom. The minimum atomic E-state index is -1.38. The quantitative estimate of drug-likeness (QED) is 0.453. The van der Waals surface area contributed by atoms with Crippen molar-refractivity contribution >= 4 is 11.7 Å². The number of carboxylic acid groups (broad SMARTS) is 1. The largest absolute Gasteiger partial charge is 0.497 e. The maximum Gasteiger partial charge on any atom is 0.347 e. The Morgan fingerprint density at radius 2 is 1.81 bits per heavy atom. The van der Waals surface area contributed by atoms with Crippen LogP contribution in [0.2, 0.25) is 0 Å². The molecule has 0 saturated heterocycles. The lowest BCUT2D eigenvalue weighted by molar-refractivity contribution is -0.155. The van der Waals surface area contributed by atoms with Crippen molar-refractivity contribution in [2.45, 2.75) is 32.8 Å². The van der Waals surface area contributed by atoms with Crippen LogP contribution in [0.3, 0.4) is 0 Å². The van der Waals surface area contributed by atoms with E-state index in [9.17, 15) is 9.90 Å². The van der Waals surface area contributed by atoms with Gasteiger partial charge in [-0.15, -0.1) is 0 Å². The molecule has 0 heterocycles. The molecule has 0 saturated carbocycles. The molecule has 0 aliphatic rings. The second-order valence-corrected chi connectivity index (χ2v) is 4.94. The number of oxime groups is 1. The third-order valence-corrected chi connectivity index (χ3v) is 2.77. The summed E-state index contributed by atoms with van der Waals surface area (Å²) in [6.07, 6.45) is 0.172. The second-order valence-electron chi connectivity index (χ2n) is 4.94. The first-order valence-corrected chi connectivity index (χ1v) is 6.57. The molecule has 0 amide bonds. The first-order valence-electron chi connectivity index (χ1n) is 6.57. The van der Waals surface area contributed by atoms with E-state index < -0.39 is 11.6 Å². The van der Waals surface area contributed by atoms with Crippen molar-refractivity contribution in [3.8, 4) is 11.5 Å². The molecule has 0 radical (unpaired) electrons. The van der Waals surface area contributed by atoms with Gasteiger partial charge >= 0.3 is 5.97 Å². The number of rotatable bonds is 8. The van der Waals surface area contributed by atoms with E-state index in [0.717, 1.165) is 5.71 Å². The SMILES string of the molecule is COc1ccc(OC(C)(CCON=C(C)C)C(=O)O)cc1. The maximum absolute atomic E-state index is 11.4. The summed E-state index contributed by atoms with van der Waals surface area (Å²) in [6.45, 7) is 5.25. The summed E-state index contributed by atoms with van der Waals surface area (Å²) >= 11 is 0. The number of ether oxygens (including phenoxy) is 2. The number of methoxy groups -OCH3 is 1. The van der Waals surface area contributed by atoms with E-state index >= 15 is 0 Å². The Kier molecular flexibility index (Phi) is 6.02. The summed E-state index contributed by atoms with van der Waals surface area (Å²) in [5.74, 6) is 0.0745. The van der Waals surface area contributed by atoms with Gasteiger partial charge in [-0.1, -0.05) is 5.16 Å². The Hall–Kier alpha value is -2.24. The van der Waals surface area contributed by atoms with Crippen LogP contribution in [0.5, 0.6) is 11.5 Å². The van der Waals surface area contributed by atoms with E-state index in [0.29, 0.717) is 11.5 Å². The number of carbonyl (C=O) groups is 1. The monoisotopic (exact) mass is 295 g/mol. The van der Waals surface area contributed by atoms with Crippen molar-refractivity contribution < 1.29 is 24.2 Å². The van der Waals surface area contributed by atoms with Crippen LogP contribution >= 0.6 is 0 Å². The van der Waals surface area contributed by atoms with Gasteiger partial charge in [0, 0.05) is 6.42 Å². The van der Waals surface area contributed by atoms with Crippen molar-refractivity contribution in [3.63, 3.8) is 0 Å². The van der Waals surface area contributed by atoms with Gasteiger partial charge in [-0.3, -0.25) is 0 Å². The maximum atomic E-state index is 11.4. The van der Waals surface area contributed by atoms with Crippen molar-refractivity contribution in [1.82, 2.24) is 0 Å². The number of aliphatic carboxylic acids is 1. The first kappa shape index (κ1) is 16.8.